The van der Waals surface area contributed by atoms with Gasteiger partial charge < -0.3 is 10.2 Å². The highest BCUT2D eigenvalue weighted by molar-refractivity contribution is 9.10. The molecule has 0 spiro atoms. The van der Waals surface area contributed by atoms with Crippen LogP contribution in [0, 0.1) is 12.7 Å². The zero-order valence-electron chi connectivity index (χ0n) is 14.1. The molecule has 6 heteroatoms. The SMILES string of the molecule is Cc1ccc(NC(=O)CN2CCN(c3ccccc3F)CC2)c(Br)c1. The third-order valence-corrected chi connectivity index (χ3v) is 4.99. The number of aryl methyl sites for hydroxylation is 1. The first-order valence-corrected chi connectivity index (χ1v) is 9.10. The fraction of sp³-hybridized carbons (Fsp3) is 0.316. The molecule has 1 heterocycles. The van der Waals surface area contributed by atoms with Crippen LogP contribution in [-0.4, -0.2) is 43.5 Å². The molecule has 4 nitrogen and oxygen atoms in total. The first-order valence-electron chi connectivity index (χ1n) is 8.31. The highest BCUT2D eigenvalue weighted by Gasteiger charge is 2.21. The number of para-hydroxylation sites is 1. The summed E-state index contributed by atoms with van der Waals surface area (Å²) in [7, 11) is 0. The van der Waals surface area contributed by atoms with E-state index in [-0.39, 0.29) is 11.7 Å². The van der Waals surface area contributed by atoms with Crippen molar-refractivity contribution in [2.45, 2.75) is 6.92 Å². The number of anilines is 2. The lowest BCUT2D eigenvalue weighted by Gasteiger charge is -2.35. The number of hydrogen-bond acceptors (Lipinski definition) is 3. The van der Waals surface area contributed by atoms with Gasteiger partial charge in [0.1, 0.15) is 5.82 Å². The van der Waals surface area contributed by atoms with Crippen molar-refractivity contribution in [2.75, 3.05) is 42.9 Å². The lowest BCUT2D eigenvalue weighted by atomic mass is 10.2. The summed E-state index contributed by atoms with van der Waals surface area (Å²) in [5.41, 5.74) is 2.55. The van der Waals surface area contributed by atoms with E-state index in [1.807, 2.05) is 36.1 Å². The van der Waals surface area contributed by atoms with Gasteiger partial charge in [0.15, 0.2) is 0 Å². The highest BCUT2D eigenvalue weighted by Crippen LogP contribution is 2.23. The minimum absolute atomic E-state index is 0.0381. The Balaban J connectivity index is 1.52. The Morgan fingerprint density at radius 2 is 1.88 bits per heavy atom. The zero-order chi connectivity index (χ0) is 17.8. The standard InChI is InChI=1S/C19H21BrFN3O/c1-14-6-7-17(15(20)12-14)22-19(25)13-23-8-10-24(11-9-23)18-5-3-2-4-16(18)21/h2-7,12H,8-11,13H2,1H3,(H,22,25). The predicted molar refractivity (Wildman–Crippen MR) is 103 cm³/mol. The van der Waals surface area contributed by atoms with Gasteiger partial charge in [0, 0.05) is 30.7 Å². The van der Waals surface area contributed by atoms with Crippen LogP contribution in [0.15, 0.2) is 46.9 Å². The van der Waals surface area contributed by atoms with Crippen LogP contribution in [0.4, 0.5) is 15.8 Å². The molecular formula is C19H21BrFN3O. The minimum Gasteiger partial charge on any atom is -0.367 e. The summed E-state index contributed by atoms with van der Waals surface area (Å²) < 4.78 is 14.7. The van der Waals surface area contributed by atoms with Crippen LogP contribution >= 0.6 is 15.9 Å². The van der Waals surface area contributed by atoms with E-state index < -0.39 is 0 Å². The molecule has 1 fully saturated rings. The molecule has 2 aromatic carbocycles. The van der Waals surface area contributed by atoms with Gasteiger partial charge in [-0.05, 0) is 52.7 Å². The number of piperazine rings is 1. The van der Waals surface area contributed by atoms with Gasteiger partial charge in [-0.15, -0.1) is 0 Å². The van der Waals surface area contributed by atoms with E-state index in [1.165, 1.54) is 6.07 Å². The van der Waals surface area contributed by atoms with Crippen LogP contribution in [0.1, 0.15) is 5.56 Å². The Morgan fingerprint density at radius 3 is 2.56 bits per heavy atom. The number of amides is 1. The molecule has 1 aliphatic heterocycles. The largest absolute Gasteiger partial charge is 0.367 e. The summed E-state index contributed by atoms with van der Waals surface area (Å²) in [6.07, 6.45) is 0. The molecule has 0 atom stereocenters. The van der Waals surface area contributed by atoms with E-state index in [1.54, 1.807) is 12.1 Å². The molecule has 0 saturated carbocycles. The smallest absolute Gasteiger partial charge is 0.238 e. The number of nitrogens with one attached hydrogen (secondary N) is 1. The molecule has 1 amide bonds. The van der Waals surface area contributed by atoms with Gasteiger partial charge in [-0.3, -0.25) is 9.69 Å². The molecule has 0 aliphatic carbocycles. The van der Waals surface area contributed by atoms with Gasteiger partial charge >= 0.3 is 0 Å². The van der Waals surface area contributed by atoms with Gasteiger partial charge in [0.2, 0.25) is 5.91 Å². The molecule has 2 aromatic rings. The first-order chi connectivity index (χ1) is 12.0. The Labute approximate surface area is 155 Å². The van der Waals surface area contributed by atoms with Crippen molar-refractivity contribution >= 4 is 33.2 Å². The molecular weight excluding hydrogens is 385 g/mol. The Morgan fingerprint density at radius 1 is 1.16 bits per heavy atom. The van der Waals surface area contributed by atoms with Crippen LogP contribution in [0.2, 0.25) is 0 Å². The van der Waals surface area contributed by atoms with Gasteiger partial charge in [0.25, 0.3) is 0 Å². The quantitative estimate of drug-likeness (QED) is 0.842. The van der Waals surface area contributed by atoms with Crippen molar-refractivity contribution < 1.29 is 9.18 Å². The first kappa shape index (κ1) is 17.9. The van der Waals surface area contributed by atoms with E-state index in [9.17, 15) is 9.18 Å². The molecule has 0 radical (unpaired) electrons. The number of rotatable bonds is 4. The van der Waals surface area contributed by atoms with E-state index in [4.69, 9.17) is 0 Å². The average molecular weight is 406 g/mol. The summed E-state index contributed by atoms with van der Waals surface area (Å²) in [6, 6.07) is 12.7. The average Bonchev–Trinajstić information content (AvgIpc) is 2.59. The van der Waals surface area contributed by atoms with Crippen molar-refractivity contribution in [3.63, 3.8) is 0 Å². The fourth-order valence-electron chi connectivity index (χ4n) is 2.97. The minimum atomic E-state index is -0.196. The van der Waals surface area contributed by atoms with Gasteiger partial charge in [0.05, 0.1) is 17.9 Å². The summed E-state index contributed by atoms with van der Waals surface area (Å²) in [6.45, 7) is 5.23. The van der Waals surface area contributed by atoms with Crippen molar-refractivity contribution in [3.8, 4) is 0 Å². The highest BCUT2D eigenvalue weighted by atomic mass is 79.9. The molecule has 25 heavy (non-hydrogen) atoms. The third-order valence-electron chi connectivity index (χ3n) is 4.33. The molecule has 1 saturated heterocycles. The number of nitrogens with zero attached hydrogens (tertiary/aromatic N) is 2. The van der Waals surface area contributed by atoms with E-state index in [0.29, 0.717) is 25.3 Å². The normalized spacial score (nSPS) is 15.2. The van der Waals surface area contributed by atoms with Crippen LogP contribution in [0.25, 0.3) is 0 Å². The van der Waals surface area contributed by atoms with Crippen molar-refractivity contribution in [2.24, 2.45) is 0 Å². The number of carbonyl (C=O) groups is 1. The fourth-order valence-corrected chi connectivity index (χ4v) is 3.56. The molecule has 0 bridgehead atoms. The maximum absolute atomic E-state index is 13.9. The molecule has 0 unspecified atom stereocenters. The van der Waals surface area contributed by atoms with Crippen molar-refractivity contribution in [1.82, 2.24) is 4.90 Å². The second kappa shape index (κ2) is 7.97. The van der Waals surface area contributed by atoms with Gasteiger partial charge in [-0.25, -0.2) is 4.39 Å². The van der Waals surface area contributed by atoms with Gasteiger partial charge in [-0.2, -0.15) is 0 Å². The van der Waals surface area contributed by atoms with Crippen LogP contribution in [-0.2, 0) is 4.79 Å². The van der Waals surface area contributed by atoms with E-state index in [2.05, 4.69) is 26.1 Å². The zero-order valence-corrected chi connectivity index (χ0v) is 15.7. The van der Waals surface area contributed by atoms with E-state index >= 15 is 0 Å². The lowest BCUT2D eigenvalue weighted by Crippen LogP contribution is -2.48. The predicted octanol–water partition coefficient (Wildman–Crippen LogP) is 3.66. The summed E-state index contributed by atoms with van der Waals surface area (Å²) in [4.78, 5) is 16.4. The molecule has 0 aromatic heterocycles. The van der Waals surface area contributed by atoms with E-state index in [0.717, 1.165) is 28.8 Å². The number of benzene rings is 2. The monoisotopic (exact) mass is 405 g/mol. The Bertz CT molecular complexity index is 760. The molecule has 132 valence electrons. The van der Waals surface area contributed by atoms with Crippen LogP contribution in [0.3, 0.4) is 0 Å². The molecule has 3 rings (SSSR count). The maximum atomic E-state index is 13.9. The van der Waals surface area contributed by atoms with Crippen LogP contribution in [0.5, 0.6) is 0 Å². The summed E-state index contributed by atoms with van der Waals surface area (Å²) >= 11 is 3.47. The third kappa shape index (κ3) is 4.58. The molecule has 1 aliphatic rings. The maximum Gasteiger partial charge on any atom is 0.238 e. The number of hydrogen-bond donors (Lipinski definition) is 1. The van der Waals surface area contributed by atoms with Crippen LogP contribution < -0.4 is 10.2 Å². The lowest BCUT2D eigenvalue weighted by molar-refractivity contribution is -0.117. The second-order valence-electron chi connectivity index (χ2n) is 6.25. The van der Waals surface area contributed by atoms with Gasteiger partial charge in [-0.1, -0.05) is 18.2 Å². The number of halogens is 2. The number of carbonyl (C=O) groups excluding carboxylic acids is 1. The molecule has 1 N–H and O–H groups in total. The Hall–Kier alpha value is -1.92. The summed E-state index contributed by atoms with van der Waals surface area (Å²) in [5.74, 6) is -0.234. The van der Waals surface area contributed by atoms with Crippen molar-refractivity contribution in [1.29, 1.82) is 0 Å². The topological polar surface area (TPSA) is 35.6 Å². The Kier molecular flexibility index (Phi) is 5.71. The second-order valence-corrected chi connectivity index (χ2v) is 7.10. The van der Waals surface area contributed by atoms with Crippen molar-refractivity contribution in [3.05, 3.63) is 58.3 Å². The summed E-state index contributed by atoms with van der Waals surface area (Å²) in [5, 5.41) is 2.94.